The van der Waals surface area contributed by atoms with Gasteiger partial charge in [0, 0.05) is 50.4 Å². The van der Waals surface area contributed by atoms with Crippen molar-refractivity contribution in [2.45, 2.75) is 0 Å². The van der Waals surface area contributed by atoms with Crippen LogP contribution < -0.4 is 16.0 Å². The van der Waals surface area contributed by atoms with Crippen LogP contribution in [-0.2, 0) is 0 Å². The van der Waals surface area contributed by atoms with Crippen molar-refractivity contribution in [2.24, 2.45) is 0 Å². The van der Waals surface area contributed by atoms with E-state index in [1.54, 1.807) is 109 Å². The van der Waals surface area contributed by atoms with Crippen LogP contribution in [0, 0.1) is 0 Å². The van der Waals surface area contributed by atoms with Crippen LogP contribution in [0.4, 0.5) is 34.9 Å². The van der Waals surface area contributed by atoms with Crippen molar-refractivity contribution in [3.63, 3.8) is 0 Å². The highest BCUT2D eigenvalue weighted by atomic mass is 16.1. The van der Waals surface area contributed by atoms with Gasteiger partial charge in [0.15, 0.2) is 17.3 Å². The summed E-state index contributed by atoms with van der Waals surface area (Å²) in [7, 11) is 0. The average molecular weight is 667 g/mol. The van der Waals surface area contributed by atoms with Crippen molar-refractivity contribution in [1.29, 1.82) is 0 Å². The molecular formula is C42H30N6O3. The first-order chi connectivity index (χ1) is 25.0. The van der Waals surface area contributed by atoms with Crippen LogP contribution in [0.25, 0.3) is 0 Å². The molecule has 0 fully saturated rings. The second kappa shape index (κ2) is 14.9. The highest BCUT2D eigenvalue weighted by Gasteiger charge is 2.13. The lowest BCUT2D eigenvalue weighted by atomic mass is 10.0. The van der Waals surface area contributed by atoms with Crippen LogP contribution in [0.1, 0.15) is 47.8 Å². The number of hydrogen-bond donors (Lipinski definition) is 3. The molecule has 0 radical (unpaired) electrons. The summed E-state index contributed by atoms with van der Waals surface area (Å²) in [5.74, 6) is 0.492. The number of carbonyl (C=O) groups is 3. The molecule has 0 spiro atoms. The largest absolute Gasteiger partial charge is 0.324 e. The molecule has 0 aliphatic heterocycles. The number of carbonyl (C=O) groups excluding carboxylic acids is 3. The van der Waals surface area contributed by atoms with Crippen LogP contribution in [0.15, 0.2) is 164 Å². The van der Waals surface area contributed by atoms with Crippen molar-refractivity contribution >= 4 is 52.3 Å². The Morgan fingerprint density at radius 2 is 0.510 bits per heavy atom. The molecule has 9 nitrogen and oxygen atoms in total. The molecule has 0 aliphatic carbocycles. The molecule has 0 aliphatic rings. The summed E-state index contributed by atoms with van der Waals surface area (Å²) in [6.07, 6.45) is 0. The summed E-state index contributed by atoms with van der Waals surface area (Å²) in [6.45, 7) is 0. The van der Waals surface area contributed by atoms with E-state index >= 15 is 0 Å². The Bertz CT molecular complexity index is 2020. The van der Waals surface area contributed by atoms with Gasteiger partial charge in [-0.3, -0.25) is 14.4 Å². The molecule has 3 N–H and O–H groups in total. The minimum Gasteiger partial charge on any atom is -0.324 e. The molecule has 0 saturated carbocycles. The molecule has 7 rings (SSSR count). The van der Waals surface area contributed by atoms with Crippen molar-refractivity contribution in [3.8, 4) is 0 Å². The molecule has 9 heteroatoms. The van der Waals surface area contributed by atoms with Crippen LogP contribution in [0.3, 0.4) is 0 Å². The lowest BCUT2D eigenvalue weighted by Gasteiger charge is -2.12. The molecular weight excluding hydrogens is 637 g/mol. The van der Waals surface area contributed by atoms with Gasteiger partial charge in [0.1, 0.15) is 0 Å². The van der Waals surface area contributed by atoms with Crippen LogP contribution in [0.2, 0.25) is 0 Å². The predicted molar refractivity (Wildman–Crippen MR) is 199 cm³/mol. The van der Waals surface area contributed by atoms with Crippen molar-refractivity contribution < 1.29 is 14.4 Å². The summed E-state index contributed by atoms with van der Waals surface area (Å²) in [5, 5.41) is 9.61. The zero-order valence-corrected chi connectivity index (χ0v) is 27.2. The minimum absolute atomic E-state index is 0.0757. The van der Waals surface area contributed by atoms with E-state index < -0.39 is 0 Å². The van der Waals surface area contributed by atoms with E-state index in [2.05, 4.69) is 30.9 Å². The number of anilines is 6. The van der Waals surface area contributed by atoms with E-state index in [0.717, 1.165) is 0 Å². The normalized spacial score (nSPS) is 10.6. The molecule has 0 bridgehead atoms. The summed E-state index contributed by atoms with van der Waals surface area (Å²) in [6, 6.07) is 48.5. The zero-order valence-electron chi connectivity index (χ0n) is 27.2. The molecule has 0 atom stereocenters. The summed E-state index contributed by atoms with van der Waals surface area (Å²) >= 11 is 0. The average Bonchev–Trinajstić information content (AvgIpc) is 3.19. The molecule has 6 aromatic carbocycles. The fourth-order valence-corrected chi connectivity index (χ4v) is 5.31. The molecule has 0 unspecified atom stereocenters. The lowest BCUT2D eigenvalue weighted by molar-refractivity contribution is 0.103. The first kappa shape index (κ1) is 32.3. The van der Waals surface area contributed by atoms with E-state index in [0.29, 0.717) is 50.4 Å². The van der Waals surface area contributed by atoms with Gasteiger partial charge in [-0.2, -0.15) is 15.0 Å². The number of rotatable bonds is 12. The molecule has 51 heavy (non-hydrogen) atoms. The maximum atomic E-state index is 12.9. The quantitative estimate of drug-likeness (QED) is 0.110. The molecule has 0 amide bonds. The third kappa shape index (κ3) is 7.90. The van der Waals surface area contributed by atoms with Gasteiger partial charge < -0.3 is 16.0 Å². The van der Waals surface area contributed by atoms with Gasteiger partial charge in [0.25, 0.3) is 0 Å². The number of nitrogens with one attached hydrogen (secondary N) is 3. The van der Waals surface area contributed by atoms with Gasteiger partial charge >= 0.3 is 0 Å². The van der Waals surface area contributed by atoms with E-state index in [-0.39, 0.29) is 35.2 Å². The summed E-state index contributed by atoms with van der Waals surface area (Å²) < 4.78 is 0. The topological polar surface area (TPSA) is 126 Å². The molecule has 1 heterocycles. The Morgan fingerprint density at radius 1 is 0.294 bits per heavy atom. The van der Waals surface area contributed by atoms with Crippen molar-refractivity contribution in [1.82, 2.24) is 15.0 Å². The minimum atomic E-state index is -0.0757. The molecule has 246 valence electrons. The number of ketones is 3. The highest BCUT2D eigenvalue weighted by Crippen LogP contribution is 2.23. The van der Waals surface area contributed by atoms with Crippen molar-refractivity contribution in [2.75, 3.05) is 16.0 Å². The standard InChI is InChI=1S/C42H30N6O3/c49-37(28-10-4-1-5-11-28)31-16-22-34(23-17-31)43-40-46-41(44-35-24-18-32(19-25-35)38(50)29-12-6-2-7-13-29)48-42(47-40)45-36-26-20-33(21-27-36)39(51)30-14-8-3-9-15-30/h1-27H,(H3,43,44,45,46,47,48). The van der Waals surface area contributed by atoms with Crippen LogP contribution in [0.5, 0.6) is 0 Å². The number of hydrogen-bond acceptors (Lipinski definition) is 9. The summed E-state index contributed by atoms with van der Waals surface area (Å²) in [4.78, 5) is 52.5. The maximum absolute atomic E-state index is 12.9. The second-order valence-electron chi connectivity index (χ2n) is 11.5. The first-order valence-electron chi connectivity index (χ1n) is 16.2. The smallest absolute Gasteiger partial charge is 0.233 e. The Balaban J connectivity index is 1.13. The van der Waals surface area contributed by atoms with Gasteiger partial charge in [-0.05, 0) is 72.8 Å². The zero-order chi connectivity index (χ0) is 35.0. The van der Waals surface area contributed by atoms with E-state index in [1.165, 1.54) is 0 Å². The number of benzene rings is 6. The predicted octanol–water partition coefficient (Wildman–Crippen LogP) is 8.80. The molecule has 7 aromatic rings. The Morgan fingerprint density at radius 3 is 0.745 bits per heavy atom. The number of nitrogens with zero attached hydrogens (tertiary/aromatic N) is 3. The SMILES string of the molecule is O=C(c1ccccc1)c1ccc(Nc2nc(Nc3ccc(C(=O)c4ccccc4)cc3)nc(Nc3ccc(C(=O)c4ccccc4)cc3)n2)cc1. The highest BCUT2D eigenvalue weighted by molar-refractivity contribution is 6.10. The van der Waals surface area contributed by atoms with Gasteiger partial charge in [-0.15, -0.1) is 0 Å². The number of aromatic nitrogens is 3. The Hall–Kier alpha value is -7.26. The van der Waals surface area contributed by atoms with E-state index in [4.69, 9.17) is 0 Å². The lowest BCUT2D eigenvalue weighted by Crippen LogP contribution is -2.08. The third-order valence-corrected chi connectivity index (χ3v) is 7.95. The summed E-state index contributed by atoms with van der Waals surface area (Å²) in [5.41, 5.74) is 5.47. The van der Waals surface area contributed by atoms with Crippen LogP contribution in [-0.4, -0.2) is 32.3 Å². The Labute approximate surface area is 294 Å². The van der Waals surface area contributed by atoms with Gasteiger partial charge in [-0.25, -0.2) is 0 Å². The first-order valence-corrected chi connectivity index (χ1v) is 16.2. The second-order valence-corrected chi connectivity index (χ2v) is 11.5. The molecule has 0 saturated heterocycles. The maximum Gasteiger partial charge on any atom is 0.233 e. The fourth-order valence-electron chi connectivity index (χ4n) is 5.31. The van der Waals surface area contributed by atoms with E-state index in [1.807, 2.05) is 54.6 Å². The van der Waals surface area contributed by atoms with Gasteiger partial charge in [0.05, 0.1) is 0 Å². The Kier molecular flexibility index (Phi) is 9.42. The monoisotopic (exact) mass is 666 g/mol. The van der Waals surface area contributed by atoms with Crippen LogP contribution >= 0.6 is 0 Å². The van der Waals surface area contributed by atoms with Crippen molar-refractivity contribution in [3.05, 3.63) is 197 Å². The van der Waals surface area contributed by atoms with E-state index in [9.17, 15) is 14.4 Å². The molecule has 1 aromatic heterocycles. The fraction of sp³-hybridized carbons (Fsp3) is 0. The van der Waals surface area contributed by atoms with Gasteiger partial charge in [0.2, 0.25) is 17.8 Å². The third-order valence-electron chi connectivity index (χ3n) is 7.95. The van der Waals surface area contributed by atoms with Gasteiger partial charge in [-0.1, -0.05) is 91.0 Å².